The topological polar surface area (TPSA) is 92.9 Å². The van der Waals surface area contributed by atoms with Crippen LogP contribution in [0, 0.1) is 4.77 Å². The largest absolute Gasteiger partial charge is 0.352 e. The number of para-hydroxylation sites is 1. The zero-order chi connectivity index (χ0) is 13.1. The Labute approximate surface area is 107 Å². The molecule has 1 aromatic heterocycles. The third kappa shape index (κ3) is 2.40. The second-order valence-corrected chi connectivity index (χ2v) is 4.11. The van der Waals surface area contributed by atoms with Gasteiger partial charge in [0.15, 0.2) is 4.77 Å². The smallest absolute Gasteiger partial charge is 0.312 e. The number of nitrogens with two attached hydrogens (primary N) is 1. The highest BCUT2D eigenvalue weighted by atomic mass is 32.1. The molecule has 0 saturated heterocycles. The van der Waals surface area contributed by atoms with Gasteiger partial charge in [0.25, 0.3) is 5.56 Å². The van der Waals surface area contributed by atoms with Crippen LogP contribution in [-0.4, -0.2) is 22.1 Å². The van der Waals surface area contributed by atoms with Crippen molar-refractivity contribution in [2.24, 2.45) is 5.73 Å². The lowest BCUT2D eigenvalue weighted by Crippen LogP contribution is -2.34. The van der Waals surface area contributed by atoms with E-state index in [1.165, 1.54) is 4.57 Å². The molecule has 0 aliphatic carbocycles. The predicted molar refractivity (Wildman–Crippen MR) is 71.0 cm³/mol. The monoisotopic (exact) mass is 264 g/mol. The van der Waals surface area contributed by atoms with Crippen molar-refractivity contribution in [2.45, 2.75) is 6.54 Å². The van der Waals surface area contributed by atoms with Crippen molar-refractivity contribution >= 4 is 29.2 Å². The summed E-state index contributed by atoms with van der Waals surface area (Å²) in [5.74, 6) is 0. The number of aromatic amines is 1. The molecule has 0 radical (unpaired) electrons. The molecule has 4 N–H and O–H groups in total. The number of carbonyl (C=O) groups is 1. The number of rotatable bonds is 3. The van der Waals surface area contributed by atoms with Gasteiger partial charge in [-0.15, -0.1) is 0 Å². The summed E-state index contributed by atoms with van der Waals surface area (Å²) < 4.78 is 1.72. The fraction of sp³-hybridized carbons (Fsp3) is 0.182. The zero-order valence-electron chi connectivity index (χ0n) is 9.47. The molecule has 2 amide bonds. The molecule has 0 bridgehead atoms. The molecule has 0 aliphatic heterocycles. The molecule has 0 spiro atoms. The van der Waals surface area contributed by atoms with Gasteiger partial charge in [-0.1, -0.05) is 12.1 Å². The summed E-state index contributed by atoms with van der Waals surface area (Å²) in [5.41, 5.74) is 5.47. The maximum atomic E-state index is 12.2. The molecule has 7 heteroatoms. The molecule has 18 heavy (non-hydrogen) atoms. The highest BCUT2D eigenvalue weighted by Gasteiger charge is 2.04. The van der Waals surface area contributed by atoms with Crippen molar-refractivity contribution in [2.75, 3.05) is 6.54 Å². The predicted octanol–water partition coefficient (Wildman–Crippen LogP) is 0.727. The average Bonchev–Trinajstić information content (AvgIpc) is 2.33. The van der Waals surface area contributed by atoms with Crippen LogP contribution in [0.4, 0.5) is 4.79 Å². The van der Waals surface area contributed by atoms with Crippen LogP contribution in [0.1, 0.15) is 0 Å². The van der Waals surface area contributed by atoms with Crippen LogP contribution in [0.5, 0.6) is 0 Å². The minimum Gasteiger partial charge on any atom is -0.352 e. The highest BCUT2D eigenvalue weighted by Crippen LogP contribution is 2.05. The van der Waals surface area contributed by atoms with Crippen LogP contribution in [-0.2, 0) is 6.54 Å². The van der Waals surface area contributed by atoms with Crippen LogP contribution in [0.2, 0.25) is 0 Å². The maximum absolute atomic E-state index is 12.2. The first-order valence-electron chi connectivity index (χ1n) is 5.35. The number of aromatic nitrogens is 2. The zero-order valence-corrected chi connectivity index (χ0v) is 10.3. The van der Waals surface area contributed by atoms with Crippen molar-refractivity contribution < 1.29 is 4.79 Å². The number of fused-ring (bicyclic) bond motifs is 1. The van der Waals surface area contributed by atoms with Crippen molar-refractivity contribution in [3.05, 3.63) is 39.4 Å². The van der Waals surface area contributed by atoms with E-state index in [4.69, 9.17) is 18.0 Å². The van der Waals surface area contributed by atoms with Gasteiger partial charge in [-0.3, -0.25) is 9.36 Å². The maximum Gasteiger partial charge on any atom is 0.312 e. The number of nitrogens with one attached hydrogen (secondary N) is 2. The Hall–Kier alpha value is -2.15. The molecule has 0 unspecified atom stereocenters. The van der Waals surface area contributed by atoms with Crippen LogP contribution < -0.4 is 16.6 Å². The number of H-pyrrole nitrogens is 1. The van der Waals surface area contributed by atoms with Gasteiger partial charge in [0.1, 0.15) is 0 Å². The fourth-order valence-corrected chi connectivity index (χ4v) is 1.98. The van der Waals surface area contributed by atoms with Crippen LogP contribution in [0.15, 0.2) is 29.1 Å². The van der Waals surface area contributed by atoms with E-state index in [2.05, 4.69) is 10.3 Å². The van der Waals surface area contributed by atoms with E-state index in [9.17, 15) is 9.59 Å². The molecule has 94 valence electrons. The minimum atomic E-state index is -0.626. The van der Waals surface area contributed by atoms with Gasteiger partial charge < -0.3 is 16.0 Å². The van der Waals surface area contributed by atoms with E-state index < -0.39 is 6.03 Å². The molecule has 1 heterocycles. The van der Waals surface area contributed by atoms with Gasteiger partial charge in [0, 0.05) is 13.1 Å². The summed E-state index contributed by atoms with van der Waals surface area (Å²) in [6, 6.07) is 6.50. The lowest BCUT2D eigenvalue weighted by atomic mass is 10.2. The molecule has 0 saturated carbocycles. The SMILES string of the molecule is NC(=O)NCCn1c(=S)[nH]c2ccccc2c1=O. The Morgan fingerprint density at radius 3 is 2.89 bits per heavy atom. The number of carbonyl (C=O) groups excluding carboxylic acids is 1. The Morgan fingerprint density at radius 2 is 2.17 bits per heavy atom. The molecule has 0 fully saturated rings. The third-order valence-corrected chi connectivity index (χ3v) is 2.85. The van der Waals surface area contributed by atoms with E-state index in [1.807, 2.05) is 6.07 Å². The molecule has 2 rings (SSSR count). The first kappa shape index (κ1) is 12.3. The summed E-state index contributed by atoms with van der Waals surface area (Å²) in [7, 11) is 0. The van der Waals surface area contributed by atoms with Crippen molar-refractivity contribution in [3.8, 4) is 0 Å². The van der Waals surface area contributed by atoms with Gasteiger partial charge in [-0.2, -0.15) is 0 Å². The number of benzene rings is 1. The minimum absolute atomic E-state index is 0.180. The Kier molecular flexibility index (Phi) is 3.42. The molecular formula is C11H12N4O2S. The Balaban J connectivity index is 2.42. The number of urea groups is 1. The Bertz CT molecular complexity index is 704. The Morgan fingerprint density at radius 1 is 1.44 bits per heavy atom. The van der Waals surface area contributed by atoms with Crippen LogP contribution in [0.25, 0.3) is 10.9 Å². The molecule has 0 aliphatic rings. The van der Waals surface area contributed by atoms with Crippen LogP contribution in [0.3, 0.4) is 0 Å². The molecular weight excluding hydrogens is 252 g/mol. The molecule has 1 aromatic carbocycles. The van der Waals surface area contributed by atoms with E-state index in [1.54, 1.807) is 18.2 Å². The summed E-state index contributed by atoms with van der Waals surface area (Å²) in [5, 5.41) is 2.98. The van der Waals surface area contributed by atoms with E-state index in [-0.39, 0.29) is 18.6 Å². The number of nitrogens with zero attached hydrogens (tertiary/aromatic N) is 1. The summed E-state index contributed by atoms with van der Waals surface area (Å²) >= 11 is 5.11. The normalized spacial score (nSPS) is 10.4. The second kappa shape index (κ2) is 5.01. The van der Waals surface area contributed by atoms with Crippen LogP contribution >= 0.6 is 12.2 Å². The van der Waals surface area contributed by atoms with Crippen molar-refractivity contribution in [1.29, 1.82) is 0 Å². The lowest BCUT2D eigenvalue weighted by molar-refractivity contribution is 0.248. The van der Waals surface area contributed by atoms with Gasteiger partial charge in [-0.05, 0) is 24.4 Å². The average molecular weight is 264 g/mol. The van der Waals surface area contributed by atoms with Gasteiger partial charge in [0.05, 0.1) is 10.9 Å². The lowest BCUT2D eigenvalue weighted by Gasteiger charge is -2.08. The van der Waals surface area contributed by atoms with Gasteiger partial charge in [-0.25, -0.2) is 4.79 Å². The summed E-state index contributed by atoms with van der Waals surface area (Å²) in [6.07, 6.45) is 0. The molecule has 0 atom stereocenters. The van der Waals surface area contributed by atoms with E-state index in [0.29, 0.717) is 15.7 Å². The summed E-state index contributed by atoms with van der Waals surface area (Å²) in [6.45, 7) is 0.535. The number of hydrogen-bond donors (Lipinski definition) is 3. The summed E-state index contributed by atoms with van der Waals surface area (Å²) in [4.78, 5) is 25.7. The quantitative estimate of drug-likeness (QED) is 0.713. The number of primary amides is 1. The highest BCUT2D eigenvalue weighted by molar-refractivity contribution is 7.71. The van der Waals surface area contributed by atoms with E-state index >= 15 is 0 Å². The first-order valence-corrected chi connectivity index (χ1v) is 5.75. The van der Waals surface area contributed by atoms with Gasteiger partial charge >= 0.3 is 6.03 Å². The standard InChI is InChI=1S/C11H12N4O2S/c12-10(17)13-5-6-15-9(16)7-3-1-2-4-8(7)14-11(15)18/h1-4H,5-6H2,(H,14,18)(H3,12,13,17). The van der Waals surface area contributed by atoms with E-state index in [0.717, 1.165) is 0 Å². The van der Waals surface area contributed by atoms with Crippen molar-refractivity contribution in [1.82, 2.24) is 14.9 Å². The number of hydrogen-bond acceptors (Lipinski definition) is 3. The van der Waals surface area contributed by atoms with Crippen molar-refractivity contribution in [3.63, 3.8) is 0 Å². The molecule has 2 aromatic rings. The fourth-order valence-electron chi connectivity index (χ4n) is 1.69. The second-order valence-electron chi connectivity index (χ2n) is 3.72. The molecule has 6 nitrogen and oxygen atoms in total. The number of amides is 2. The van der Waals surface area contributed by atoms with Gasteiger partial charge in [0.2, 0.25) is 0 Å². The first-order chi connectivity index (χ1) is 8.59. The third-order valence-electron chi connectivity index (χ3n) is 2.52.